The third kappa shape index (κ3) is 3.12. The van der Waals surface area contributed by atoms with Crippen LogP contribution < -0.4 is 0 Å². The number of imidazole rings is 1. The lowest BCUT2D eigenvalue weighted by Gasteiger charge is -2.18. The lowest BCUT2D eigenvalue weighted by Crippen LogP contribution is -2.31. The SMILES string of the molecule is CCN(CC)C(=O)CCn1c(=S)[nH]c2cc(Br)ccc21. The first-order chi connectivity index (χ1) is 9.56. The summed E-state index contributed by atoms with van der Waals surface area (Å²) in [5.41, 5.74) is 2.02. The van der Waals surface area contributed by atoms with Gasteiger partial charge in [0.25, 0.3) is 0 Å². The molecular formula is C14H18BrN3OS. The summed E-state index contributed by atoms with van der Waals surface area (Å²) in [6.07, 6.45) is 0.471. The highest BCUT2D eigenvalue weighted by molar-refractivity contribution is 9.10. The highest BCUT2D eigenvalue weighted by atomic mass is 79.9. The van der Waals surface area contributed by atoms with Gasteiger partial charge in [0.15, 0.2) is 4.77 Å². The zero-order valence-electron chi connectivity index (χ0n) is 11.6. The average molecular weight is 356 g/mol. The van der Waals surface area contributed by atoms with Crippen molar-refractivity contribution in [3.63, 3.8) is 0 Å². The standard InChI is InChI=1S/C14H18BrN3OS/c1-3-17(4-2)13(19)7-8-18-12-6-5-10(15)9-11(12)16-14(18)20/h5-6,9H,3-4,7-8H2,1-2H3,(H,16,20). The fourth-order valence-corrected chi connectivity index (χ4v) is 2.96. The van der Waals surface area contributed by atoms with Gasteiger partial charge in [-0.1, -0.05) is 15.9 Å². The van der Waals surface area contributed by atoms with Crippen LogP contribution >= 0.6 is 28.1 Å². The number of hydrogen-bond donors (Lipinski definition) is 1. The minimum absolute atomic E-state index is 0.170. The molecule has 1 aromatic heterocycles. The molecule has 108 valence electrons. The number of H-pyrrole nitrogens is 1. The molecule has 0 aliphatic rings. The van der Waals surface area contributed by atoms with Crippen LogP contribution in [-0.4, -0.2) is 33.4 Å². The average Bonchev–Trinajstić information content (AvgIpc) is 2.72. The smallest absolute Gasteiger partial charge is 0.224 e. The molecule has 0 aliphatic carbocycles. The number of aromatic nitrogens is 2. The second-order valence-electron chi connectivity index (χ2n) is 4.56. The van der Waals surface area contributed by atoms with Gasteiger partial charge in [0.1, 0.15) is 0 Å². The monoisotopic (exact) mass is 355 g/mol. The van der Waals surface area contributed by atoms with Crippen molar-refractivity contribution >= 4 is 45.1 Å². The van der Waals surface area contributed by atoms with Gasteiger partial charge in [0.05, 0.1) is 11.0 Å². The number of rotatable bonds is 5. The number of fused-ring (bicyclic) bond motifs is 1. The predicted octanol–water partition coefficient (Wildman–Crippen LogP) is 3.72. The Balaban J connectivity index is 2.20. The van der Waals surface area contributed by atoms with E-state index in [9.17, 15) is 4.79 Å². The van der Waals surface area contributed by atoms with Gasteiger partial charge >= 0.3 is 0 Å². The van der Waals surface area contributed by atoms with Crippen LogP contribution in [0.1, 0.15) is 20.3 Å². The van der Waals surface area contributed by atoms with E-state index in [-0.39, 0.29) is 5.91 Å². The molecule has 4 nitrogen and oxygen atoms in total. The van der Waals surface area contributed by atoms with E-state index in [0.717, 1.165) is 28.6 Å². The molecule has 0 radical (unpaired) electrons. The van der Waals surface area contributed by atoms with Gasteiger partial charge in [0, 0.05) is 30.5 Å². The summed E-state index contributed by atoms with van der Waals surface area (Å²) in [6, 6.07) is 5.98. The van der Waals surface area contributed by atoms with Crippen molar-refractivity contribution in [3.8, 4) is 0 Å². The van der Waals surface area contributed by atoms with Crippen molar-refractivity contribution < 1.29 is 4.79 Å². The van der Waals surface area contributed by atoms with Crippen LogP contribution in [-0.2, 0) is 11.3 Å². The molecule has 0 unspecified atom stereocenters. The summed E-state index contributed by atoms with van der Waals surface area (Å²) in [7, 11) is 0. The molecule has 2 rings (SSSR count). The maximum atomic E-state index is 12.1. The van der Waals surface area contributed by atoms with E-state index < -0.39 is 0 Å². The van der Waals surface area contributed by atoms with Crippen molar-refractivity contribution in [1.29, 1.82) is 0 Å². The number of aromatic amines is 1. The van der Waals surface area contributed by atoms with Crippen molar-refractivity contribution in [2.24, 2.45) is 0 Å². The number of carbonyl (C=O) groups excluding carboxylic acids is 1. The second kappa shape index (κ2) is 6.54. The van der Waals surface area contributed by atoms with Gasteiger partial charge in [-0.25, -0.2) is 0 Å². The van der Waals surface area contributed by atoms with E-state index in [2.05, 4.69) is 20.9 Å². The van der Waals surface area contributed by atoms with Crippen molar-refractivity contribution in [2.75, 3.05) is 13.1 Å². The van der Waals surface area contributed by atoms with Crippen LogP contribution in [0, 0.1) is 4.77 Å². The molecule has 1 N–H and O–H groups in total. The number of hydrogen-bond acceptors (Lipinski definition) is 2. The largest absolute Gasteiger partial charge is 0.343 e. The molecule has 6 heteroatoms. The van der Waals surface area contributed by atoms with Crippen LogP contribution in [0.15, 0.2) is 22.7 Å². The van der Waals surface area contributed by atoms with Crippen LogP contribution in [0.2, 0.25) is 0 Å². The molecule has 0 saturated heterocycles. The molecule has 0 bridgehead atoms. The molecule has 0 aliphatic heterocycles. The number of carbonyl (C=O) groups is 1. The van der Waals surface area contributed by atoms with Crippen molar-refractivity contribution in [3.05, 3.63) is 27.4 Å². The lowest BCUT2D eigenvalue weighted by atomic mass is 10.3. The molecule has 2 aromatic rings. The summed E-state index contributed by atoms with van der Waals surface area (Å²) in [4.78, 5) is 17.1. The Labute approximate surface area is 131 Å². The Morgan fingerprint density at radius 3 is 2.75 bits per heavy atom. The van der Waals surface area contributed by atoms with E-state index in [1.54, 1.807) is 0 Å². The highest BCUT2D eigenvalue weighted by Crippen LogP contribution is 2.19. The quantitative estimate of drug-likeness (QED) is 0.830. The number of benzene rings is 1. The summed E-state index contributed by atoms with van der Waals surface area (Å²) >= 11 is 8.78. The van der Waals surface area contributed by atoms with Gasteiger partial charge < -0.3 is 14.5 Å². The van der Waals surface area contributed by atoms with Gasteiger partial charge in [0.2, 0.25) is 5.91 Å². The van der Waals surface area contributed by atoms with Crippen molar-refractivity contribution in [2.45, 2.75) is 26.8 Å². The molecule has 0 saturated carbocycles. The Morgan fingerprint density at radius 2 is 2.10 bits per heavy atom. The van der Waals surface area contributed by atoms with Gasteiger partial charge in [-0.05, 0) is 44.3 Å². The third-order valence-electron chi connectivity index (χ3n) is 3.40. The second-order valence-corrected chi connectivity index (χ2v) is 5.86. The zero-order chi connectivity index (χ0) is 14.7. The number of nitrogens with one attached hydrogen (secondary N) is 1. The summed E-state index contributed by atoms with van der Waals surface area (Å²) in [5, 5.41) is 0. The summed E-state index contributed by atoms with van der Waals surface area (Å²) in [5.74, 6) is 0.170. The fourth-order valence-electron chi connectivity index (χ4n) is 2.30. The van der Waals surface area contributed by atoms with Crippen LogP contribution in [0.5, 0.6) is 0 Å². The maximum absolute atomic E-state index is 12.1. The first-order valence-electron chi connectivity index (χ1n) is 6.72. The molecule has 0 fully saturated rings. The predicted molar refractivity (Wildman–Crippen MR) is 87.4 cm³/mol. The van der Waals surface area contributed by atoms with E-state index in [0.29, 0.717) is 17.7 Å². The Kier molecular flexibility index (Phi) is 4.99. The van der Waals surface area contributed by atoms with Gasteiger partial charge in [-0.2, -0.15) is 0 Å². The Bertz CT molecular complexity index is 673. The fraction of sp³-hybridized carbons (Fsp3) is 0.429. The molecule has 20 heavy (non-hydrogen) atoms. The molecule has 1 heterocycles. The summed E-state index contributed by atoms with van der Waals surface area (Å²) < 4.78 is 3.65. The van der Waals surface area contributed by atoms with Crippen LogP contribution in [0.25, 0.3) is 11.0 Å². The molecule has 1 aromatic carbocycles. The third-order valence-corrected chi connectivity index (χ3v) is 4.22. The van der Waals surface area contributed by atoms with E-state index in [1.807, 2.05) is 41.5 Å². The van der Waals surface area contributed by atoms with Gasteiger partial charge in [-0.15, -0.1) is 0 Å². The number of aryl methyl sites for hydroxylation is 1. The topological polar surface area (TPSA) is 41.0 Å². The first-order valence-corrected chi connectivity index (χ1v) is 7.92. The number of nitrogens with zero attached hydrogens (tertiary/aromatic N) is 2. The zero-order valence-corrected chi connectivity index (χ0v) is 14.1. The first kappa shape index (κ1) is 15.3. The van der Waals surface area contributed by atoms with Gasteiger partial charge in [-0.3, -0.25) is 4.79 Å². The van der Waals surface area contributed by atoms with Crippen LogP contribution in [0.3, 0.4) is 0 Å². The van der Waals surface area contributed by atoms with E-state index in [4.69, 9.17) is 12.2 Å². The van der Waals surface area contributed by atoms with E-state index in [1.165, 1.54) is 0 Å². The lowest BCUT2D eigenvalue weighted by molar-refractivity contribution is -0.131. The molecule has 0 atom stereocenters. The molecule has 1 amide bonds. The molecule has 0 spiro atoms. The normalized spacial score (nSPS) is 10.9. The minimum atomic E-state index is 0.170. The highest BCUT2D eigenvalue weighted by Gasteiger charge is 2.11. The minimum Gasteiger partial charge on any atom is -0.343 e. The summed E-state index contributed by atoms with van der Waals surface area (Å²) in [6.45, 7) is 6.10. The maximum Gasteiger partial charge on any atom is 0.224 e. The molecular weight excluding hydrogens is 338 g/mol. The van der Waals surface area contributed by atoms with Crippen molar-refractivity contribution in [1.82, 2.24) is 14.5 Å². The number of halogens is 1. The number of amides is 1. The van der Waals surface area contributed by atoms with Crippen LogP contribution in [0.4, 0.5) is 0 Å². The Hall–Kier alpha value is -1.14. The Morgan fingerprint density at radius 1 is 1.40 bits per heavy atom. The van der Waals surface area contributed by atoms with E-state index >= 15 is 0 Å².